The van der Waals surface area contributed by atoms with Crippen molar-refractivity contribution in [3.63, 3.8) is 0 Å². The van der Waals surface area contributed by atoms with Crippen LogP contribution >= 0.6 is 0 Å². The number of para-hydroxylation sites is 3. The fraction of sp³-hybridized carbons (Fsp3) is 0.0909. The van der Waals surface area contributed by atoms with E-state index in [1.807, 2.05) is 30.5 Å². The van der Waals surface area contributed by atoms with Crippen molar-refractivity contribution in [1.29, 1.82) is 0 Å². The first-order chi connectivity index (χ1) is 23.9. The Morgan fingerprint density at radius 1 is 0.551 bits per heavy atom. The second-order valence-corrected chi connectivity index (χ2v) is 14.0. The quantitative estimate of drug-likeness (QED) is 0.195. The minimum Gasteiger partial charge on any atom is -0.436 e. The van der Waals surface area contributed by atoms with E-state index in [1.165, 1.54) is 37.9 Å². The van der Waals surface area contributed by atoms with Gasteiger partial charge in [-0.15, -0.1) is 0 Å². The first-order valence-electron chi connectivity index (χ1n) is 16.7. The first-order valence-corrected chi connectivity index (χ1v) is 16.7. The SMILES string of the molecule is CC(C)(C)c1ccnc(-n2c3cc(-n4c5ccccc5c5ccc(-c6nc7ccccc7o6)cc54)ccc3c3cc4ccccc4cc32)c1. The van der Waals surface area contributed by atoms with Crippen molar-refractivity contribution < 1.29 is 4.42 Å². The van der Waals surface area contributed by atoms with Gasteiger partial charge in [0.25, 0.3) is 0 Å². The number of hydrogen-bond donors (Lipinski definition) is 0. The molecule has 0 radical (unpaired) electrons. The third-order valence-corrected chi connectivity index (χ3v) is 9.93. The molecule has 0 amide bonds. The van der Waals surface area contributed by atoms with Crippen LogP contribution in [0.25, 0.3) is 88.4 Å². The molecule has 0 atom stereocenters. The molecule has 0 saturated heterocycles. The van der Waals surface area contributed by atoms with Crippen LogP contribution < -0.4 is 0 Å². The summed E-state index contributed by atoms with van der Waals surface area (Å²) in [6, 6.07) is 47.5. The summed E-state index contributed by atoms with van der Waals surface area (Å²) in [7, 11) is 0. The molecule has 10 aromatic rings. The van der Waals surface area contributed by atoms with Gasteiger partial charge in [-0.05, 0) is 88.5 Å². The van der Waals surface area contributed by atoms with Gasteiger partial charge in [-0.2, -0.15) is 0 Å². The summed E-state index contributed by atoms with van der Waals surface area (Å²) in [6.07, 6.45) is 1.94. The number of benzene rings is 6. The Bertz CT molecular complexity index is 2900. The molecule has 0 saturated carbocycles. The Balaban J connectivity index is 1.27. The van der Waals surface area contributed by atoms with E-state index >= 15 is 0 Å². The van der Waals surface area contributed by atoms with E-state index in [9.17, 15) is 0 Å². The molecule has 0 aliphatic carbocycles. The maximum Gasteiger partial charge on any atom is 0.227 e. The van der Waals surface area contributed by atoms with Crippen molar-refractivity contribution in [3.05, 3.63) is 145 Å². The van der Waals surface area contributed by atoms with Crippen molar-refractivity contribution in [2.24, 2.45) is 0 Å². The molecule has 4 heterocycles. The van der Waals surface area contributed by atoms with Crippen LogP contribution in [0.1, 0.15) is 26.3 Å². The zero-order valence-electron chi connectivity index (χ0n) is 27.5. The highest BCUT2D eigenvalue weighted by molar-refractivity contribution is 6.15. The van der Waals surface area contributed by atoms with Crippen LogP contribution in [-0.4, -0.2) is 19.1 Å². The highest BCUT2D eigenvalue weighted by atomic mass is 16.3. The minimum absolute atomic E-state index is 0.0102. The molecule has 0 bridgehead atoms. The highest BCUT2D eigenvalue weighted by Crippen LogP contribution is 2.39. The van der Waals surface area contributed by atoms with Gasteiger partial charge < -0.3 is 8.98 Å². The number of nitrogens with zero attached hydrogens (tertiary/aromatic N) is 4. The molecule has 0 fully saturated rings. The molecule has 49 heavy (non-hydrogen) atoms. The topological polar surface area (TPSA) is 48.8 Å². The van der Waals surface area contributed by atoms with Crippen molar-refractivity contribution in [1.82, 2.24) is 19.1 Å². The van der Waals surface area contributed by atoms with Crippen LogP contribution in [0.15, 0.2) is 144 Å². The molecular formula is C44H32N4O. The Morgan fingerprint density at radius 2 is 1.24 bits per heavy atom. The maximum absolute atomic E-state index is 6.21. The van der Waals surface area contributed by atoms with E-state index in [0.29, 0.717) is 5.89 Å². The molecule has 0 spiro atoms. The van der Waals surface area contributed by atoms with Gasteiger partial charge in [-0.25, -0.2) is 9.97 Å². The maximum atomic E-state index is 6.21. The molecule has 10 rings (SSSR count). The van der Waals surface area contributed by atoms with E-state index in [1.54, 1.807) is 0 Å². The molecular weight excluding hydrogens is 601 g/mol. The normalized spacial score (nSPS) is 12.4. The van der Waals surface area contributed by atoms with Gasteiger partial charge in [-0.3, -0.25) is 4.57 Å². The fourth-order valence-electron chi connectivity index (χ4n) is 7.46. The summed E-state index contributed by atoms with van der Waals surface area (Å²) in [4.78, 5) is 9.79. The van der Waals surface area contributed by atoms with Crippen LogP contribution in [0.3, 0.4) is 0 Å². The number of hydrogen-bond acceptors (Lipinski definition) is 3. The molecule has 234 valence electrons. The van der Waals surface area contributed by atoms with Gasteiger partial charge in [-0.1, -0.05) is 87.5 Å². The lowest BCUT2D eigenvalue weighted by Crippen LogP contribution is -2.12. The summed E-state index contributed by atoms with van der Waals surface area (Å²) >= 11 is 0. The van der Waals surface area contributed by atoms with Gasteiger partial charge in [0.1, 0.15) is 11.3 Å². The van der Waals surface area contributed by atoms with Crippen molar-refractivity contribution in [3.8, 4) is 23.0 Å². The van der Waals surface area contributed by atoms with Gasteiger partial charge in [0.2, 0.25) is 5.89 Å². The molecule has 5 heteroatoms. The molecule has 4 aromatic heterocycles. The predicted molar refractivity (Wildman–Crippen MR) is 202 cm³/mol. The van der Waals surface area contributed by atoms with E-state index < -0.39 is 0 Å². The Hall–Kier alpha value is -6.20. The zero-order valence-corrected chi connectivity index (χ0v) is 27.5. The lowest BCUT2D eigenvalue weighted by molar-refractivity contribution is 0.588. The van der Waals surface area contributed by atoms with Crippen LogP contribution in [-0.2, 0) is 5.41 Å². The van der Waals surface area contributed by atoms with Crippen molar-refractivity contribution in [2.75, 3.05) is 0 Å². The lowest BCUT2D eigenvalue weighted by atomic mass is 9.88. The Labute approximate surface area is 282 Å². The first kappa shape index (κ1) is 27.9. The Kier molecular flexibility index (Phi) is 5.77. The van der Waals surface area contributed by atoms with Crippen LogP contribution in [0, 0.1) is 0 Å². The van der Waals surface area contributed by atoms with Crippen LogP contribution in [0.2, 0.25) is 0 Å². The standard InChI is InChI=1S/C44H32N4O/c1-44(2,3)30-20-21-45-42(25-30)48-39-23-28-11-5-4-10-27(28)22-35(39)34-19-17-31(26-40(34)48)47-37-14-8-6-12-32(37)33-18-16-29(24-38(33)47)43-46-36-13-7-9-15-41(36)49-43/h4-26H,1-3H3. The molecule has 0 unspecified atom stereocenters. The van der Waals surface area contributed by atoms with Gasteiger partial charge in [0.15, 0.2) is 5.58 Å². The number of aromatic nitrogens is 4. The van der Waals surface area contributed by atoms with Crippen LogP contribution in [0.5, 0.6) is 0 Å². The lowest BCUT2D eigenvalue weighted by Gasteiger charge is -2.20. The summed E-state index contributed by atoms with van der Waals surface area (Å²) in [5, 5.41) is 7.23. The number of fused-ring (bicyclic) bond motifs is 8. The van der Waals surface area contributed by atoms with Crippen LogP contribution in [0.4, 0.5) is 0 Å². The molecule has 0 aliphatic rings. The fourth-order valence-corrected chi connectivity index (χ4v) is 7.46. The largest absolute Gasteiger partial charge is 0.436 e. The third kappa shape index (κ3) is 4.25. The molecule has 6 aromatic carbocycles. The van der Waals surface area contributed by atoms with E-state index in [4.69, 9.17) is 14.4 Å². The summed E-state index contributed by atoms with van der Waals surface area (Å²) < 4.78 is 10.9. The smallest absolute Gasteiger partial charge is 0.227 e. The average molecular weight is 633 g/mol. The minimum atomic E-state index is -0.0102. The Morgan fingerprint density at radius 3 is 2.10 bits per heavy atom. The molecule has 0 N–H and O–H groups in total. The van der Waals surface area contributed by atoms with Gasteiger partial charge in [0.05, 0.1) is 22.1 Å². The van der Waals surface area contributed by atoms with Gasteiger partial charge >= 0.3 is 0 Å². The van der Waals surface area contributed by atoms with E-state index in [-0.39, 0.29) is 5.41 Å². The van der Waals surface area contributed by atoms with Crippen molar-refractivity contribution in [2.45, 2.75) is 26.2 Å². The van der Waals surface area contributed by atoms with E-state index in [2.05, 4.69) is 139 Å². The number of oxazole rings is 1. The average Bonchev–Trinajstić information content (AvgIpc) is 3.80. The third-order valence-electron chi connectivity index (χ3n) is 9.93. The molecule has 5 nitrogen and oxygen atoms in total. The van der Waals surface area contributed by atoms with Crippen molar-refractivity contribution >= 4 is 65.5 Å². The monoisotopic (exact) mass is 632 g/mol. The highest BCUT2D eigenvalue weighted by Gasteiger charge is 2.20. The number of pyridine rings is 1. The molecule has 0 aliphatic heterocycles. The second-order valence-electron chi connectivity index (χ2n) is 14.0. The van der Waals surface area contributed by atoms with E-state index in [0.717, 1.165) is 50.2 Å². The second kappa shape index (κ2) is 10.1. The summed E-state index contributed by atoms with van der Waals surface area (Å²) in [6.45, 7) is 6.75. The number of rotatable bonds is 3. The zero-order chi connectivity index (χ0) is 32.9. The summed E-state index contributed by atoms with van der Waals surface area (Å²) in [5.74, 6) is 1.53. The summed E-state index contributed by atoms with van der Waals surface area (Å²) in [5.41, 5.74) is 9.40. The predicted octanol–water partition coefficient (Wildman–Crippen LogP) is 11.5. The van der Waals surface area contributed by atoms with Gasteiger partial charge in [0, 0.05) is 39.0 Å².